The van der Waals surface area contributed by atoms with E-state index < -0.39 is 0 Å². The van der Waals surface area contributed by atoms with Gasteiger partial charge in [0.15, 0.2) is 5.13 Å². The third-order valence-electron chi connectivity index (χ3n) is 4.87. The number of anilines is 2. The lowest BCUT2D eigenvalue weighted by Gasteiger charge is -2.33. The number of urea groups is 1. The molecule has 2 heterocycles. The van der Waals surface area contributed by atoms with Crippen molar-refractivity contribution in [2.75, 3.05) is 43.4 Å². The molecule has 166 valence electrons. The number of thiazole rings is 1. The molecule has 2 aromatic rings. The van der Waals surface area contributed by atoms with Gasteiger partial charge in [-0.15, -0.1) is 11.3 Å². The number of rotatable bonds is 6. The largest absolute Gasteiger partial charge is 0.450 e. The van der Waals surface area contributed by atoms with Crippen molar-refractivity contribution in [2.24, 2.45) is 0 Å². The molecule has 1 aliphatic rings. The Bertz CT molecular complexity index is 924. The van der Waals surface area contributed by atoms with Crippen molar-refractivity contribution in [3.63, 3.8) is 0 Å². The summed E-state index contributed by atoms with van der Waals surface area (Å²) in [6.07, 6.45) is 0.604. The predicted molar refractivity (Wildman–Crippen MR) is 119 cm³/mol. The molecule has 0 aliphatic carbocycles. The minimum absolute atomic E-state index is 0.128. The number of benzene rings is 1. The van der Waals surface area contributed by atoms with Gasteiger partial charge in [0, 0.05) is 37.2 Å². The van der Waals surface area contributed by atoms with E-state index >= 15 is 0 Å². The van der Waals surface area contributed by atoms with Gasteiger partial charge in [-0.2, -0.15) is 0 Å². The molecule has 2 N–H and O–H groups in total. The number of hydrogen-bond acceptors (Lipinski definition) is 6. The Hall–Kier alpha value is -3.14. The first-order chi connectivity index (χ1) is 15.0. The summed E-state index contributed by atoms with van der Waals surface area (Å²) in [4.78, 5) is 44.2. The average Bonchev–Trinajstić information content (AvgIpc) is 3.20. The summed E-state index contributed by atoms with van der Waals surface area (Å²) < 4.78 is 4.98. The number of aryl methyl sites for hydroxylation is 1. The van der Waals surface area contributed by atoms with Crippen molar-refractivity contribution in [3.8, 4) is 0 Å². The molecule has 1 aromatic heterocycles. The number of ether oxygens (including phenoxy) is 1. The van der Waals surface area contributed by atoms with E-state index in [9.17, 15) is 14.4 Å². The van der Waals surface area contributed by atoms with Gasteiger partial charge >= 0.3 is 12.1 Å². The van der Waals surface area contributed by atoms with Crippen LogP contribution in [0.2, 0.25) is 0 Å². The van der Waals surface area contributed by atoms with Gasteiger partial charge in [0.25, 0.3) is 0 Å². The fraction of sp³-hybridized carbons (Fsp3) is 0.429. The molecule has 10 heteroatoms. The molecule has 3 rings (SSSR count). The van der Waals surface area contributed by atoms with Crippen LogP contribution >= 0.6 is 11.3 Å². The molecular formula is C21H27N5O4S. The number of nitrogens with zero attached hydrogens (tertiary/aromatic N) is 3. The molecule has 0 saturated carbocycles. The molecule has 0 spiro atoms. The van der Waals surface area contributed by atoms with Gasteiger partial charge in [-0.25, -0.2) is 14.6 Å². The van der Waals surface area contributed by atoms with Crippen molar-refractivity contribution < 1.29 is 19.1 Å². The standard InChI is InChI=1S/C21H27N5O4S/c1-3-15-7-5-6-8-17(15)23-18(27)13-16-14-31-19(22-16)24-20(28)25-9-11-26(12-10-25)21(29)30-4-2/h5-8,14H,3-4,9-13H2,1-2H3,(H,23,27)(H,22,24,28). The minimum Gasteiger partial charge on any atom is -0.450 e. The highest BCUT2D eigenvalue weighted by molar-refractivity contribution is 7.13. The highest BCUT2D eigenvalue weighted by Gasteiger charge is 2.25. The van der Waals surface area contributed by atoms with Crippen LogP contribution in [0.4, 0.5) is 20.4 Å². The first kappa shape index (κ1) is 22.5. The summed E-state index contributed by atoms with van der Waals surface area (Å²) in [7, 11) is 0. The number of piperazine rings is 1. The van der Waals surface area contributed by atoms with Crippen LogP contribution in [0.5, 0.6) is 0 Å². The summed E-state index contributed by atoms with van der Waals surface area (Å²) in [5.41, 5.74) is 2.48. The SMILES string of the molecule is CCOC(=O)N1CCN(C(=O)Nc2nc(CC(=O)Nc3ccccc3CC)cs2)CC1. The van der Waals surface area contributed by atoms with Crippen LogP contribution in [0.1, 0.15) is 25.1 Å². The summed E-state index contributed by atoms with van der Waals surface area (Å²) >= 11 is 1.28. The Labute approximate surface area is 185 Å². The van der Waals surface area contributed by atoms with Gasteiger partial charge in [-0.05, 0) is 25.0 Å². The van der Waals surface area contributed by atoms with Gasteiger partial charge < -0.3 is 19.9 Å². The van der Waals surface area contributed by atoms with E-state index in [1.54, 1.807) is 22.1 Å². The molecule has 1 fully saturated rings. The first-order valence-electron chi connectivity index (χ1n) is 10.3. The quantitative estimate of drug-likeness (QED) is 0.711. The minimum atomic E-state index is -0.355. The van der Waals surface area contributed by atoms with Gasteiger partial charge in [-0.1, -0.05) is 25.1 Å². The number of hydrogen-bond donors (Lipinski definition) is 2. The second-order valence-corrected chi connectivity index (χ2v) is 7.84. The van der Waals surface area contributed by atoms with E-state index in [0.717, 1.165) is 17.7 Å². The number of aromatic nitrogens is 1. The lowest BCUT2D eigenvalue weighted by atomic mass is 10.1. The zero-order valence-corrected chi connectivity index (χ0v) is 18.5. The number of amides is 4. The Morgan fingerprint density at radius 1 is 1.06 bits per heavy atom. The second kappa shape index (κ2) is 10.8. The molecule has 0 atom stereocenters. The van der Waals surface area contributed by atoms with E-state index in [-0.39, 0.29) is 24.5 Å². The third kappa shape index (κ3) is 6.17. The predicted octanol–water partition coefficient (Wildman–Crippen LogP) is 3.19. The van der Waals surface area contributed by atoms with E-state index in [2.05, 4.69) is 15.6 Å². The Morgan fingerprint density at radius 2 is 1.77 bits per heavy atom. The molecule has 1 saturated heterocycles. The lowest BCUT2D eigenvalue weighted by molar-refractivity contribution is -0.115. The molecule has 31 heavy (non-hydrogen) atoms. The van der Waals surface area contributed by atoms with Crippen molar-refractivity contribution in [1.29, 1.82) is 0 Å². The summed E-state index contributed by atoms with van der Waals surface area (Å²) in [6.45, 7) is 5.82. The molecule has 4 amide bonds. The van der Waals surface area contributed by atoms with E-state index in [1.165, 1.54) is 11.3 Å². The van der Waals surface area contributed by atoms with Crippen LogP contribution in [0.15, 0.2) is 29.6 Å². The van der Waals surface area contributed by atoms with Crippen LogP contribution in [-0.4, -0.2) is 65.6 Å². The lowest BCUT2D eigenvalue weighted by Crippen LogP contribution is -2.51. The second-order valence-electron chi connectivity index (χ2n) is 6.98. The van der Waals surface area contributed by atoms with Crippen molar-refractivity contribution in [3.05, 3.63) is 40.9 Å². The maximum atomic E-state index is 12.5. The molecular weight excluding hydrogens is 418 g/mol. The molecule has 0 unspecified atom stereocenters. The summed E-state index contributed by atoms with van der Waals surface area (Å²) in [6, 6.07) is 7.42. The Kier molecular flexibility index (Phi) is 7.82. The number of para-hydroxylation sites is 1. The normalized spacial score (nSPS) is 13.6. The highest BCUT2D eigenvalue weighted by Crippen LogP contribution is 2.19. The fourth-order valence-electron chi connectivity index (χ4n) is 3.23. The molecule has 1 aliphatic heterocycles. The zero-order chi connectivity index (χ0) is 22.2. The van der Waals surface area contributed by atoms with Gasteiger partial charge in [-0.3, -0.25) is 10.1 Å². The van der Waals surface area contributed by atoms with E-state index in [1.807, 2.05) is 31.2 Å². The number of nitrogens with one attached hydrogen (secondary N) is 2. The Morgan fingerprint density at radius 3 is 2.48 bits per heavy atom. The fourth-order valence-corrected chi connectivity index (χ4v) is 3.93. The molecule has 0 radical (unpaired) electrons. The van der Waals surface area contributed by atoms with Crippen LogP contribution in [0.25, 0.3) is 0 Å². The van der Waals surface area contributed by atoms with Crippen molar-refractivity contribution >= 4 is 40.2 Å². The van der Waals surface area contributed by atoms with E-state index in [0.29, 0.717) is 43.6 Å². The topological polar surface area (TPSA) is 104 Å². The van der Waals surface area contributed by atoms with Gasteiger partial charge in [0.05, 0.1) is 18.7 Å². The summed E-state index contributed by atoms with van der Waals surface area (Å²) in [5, 5.41) is 7.89. The summed E-state index contributed by atoms with van der Waals surface area (Å²) in [5.74, 6) is -0.154. The molecule has 9 nitrogen and oxygen atoms in total. The van der Waals surface area contributed by atoms with Crippen LogP contribution in [0, 0.1) is 0 Å². The van der Waals surface area contributed by atoms with Crippen LogP contribution < -0.4 is 10.6 Å². The van der Waals surface area contributed by atoms with Crippen LogP contribution in [-0.2, 0) is 22.4 Å². The third-order valence-corrected chi connectivity index (χ3v) is 5.68. The zero-order valence-electron chi connectivity index (χ0n) is 17.7. The van der Waals surface area contributed by atoms with Gasteiger partial charge in [0.2, 0.25) is 5.91 Å². The number of carbonyl (C=O) groups is 3. The highest BCUT2D eigenvalue weighted by atomic mass is 32.1. The van der Waals surface area contributed by atoms with Gasteiger partial charge in [0.1, 0.15) is 0 Å². The van der Waals surface area contributed by atoms with Crippen molar-refractivity contribution in [1.82, 2.24) is 14.8 Å². The van der Waals surface area contributed by atoms with Crippen LogP contribution in [0.3, 0.4) is 0 Å². The average molecular weight is 446 g/mol. The molecule has 1 aromatic carbocycles. The maximum absolute atomic E-state index is 12.5. The van der Waals surface area contributed by atoms with E-state index in [4.69, 9.17) is 4.74 Å². The van der Waals surface area contributed by atoms with Crippen molar-refractivity contribution in [2.45, 2.75) is 26.7 Å². The molecule has 0 bridgehead atoms. The first-order valence-corrected chi connectivity index (χ1v) is 11.2. The monoisotopic (exact) mass is 445 g/mol. The number of carbonyl (C=O) groups excluding carboxylic acids is 3. The Balaban J connectivity index is 1.48. The smallest absolute Gasteiger partial charge is 0.409 e. The maximum Gasteiger partial charge on any atom is 0.409 e.